The molecule has 29 heavy (non-hydrogen) atoms. The molecule has 0 saturated carbocycles. The van der Waals surface area contributed by atoms with Gasteiger partial charge in [-0.25, -0.2) is 15.0 Å². The molecule has 0 fully saturated rings. The minimum Gasteiger partial charge on any atom is -0.368 e. The van der Waals surface area contributed by atoms with E-state index in [1.165, 1.54) is 6.33 Å². The van der Waals surface area contributed by atoms with Crippen LogP contribution < -0.4 is 16.0 Å². The molecule has 0 aliphatic heterocycles. The Morgan fingerprint density at radius 2 is 1.79 bits per heavy atom. The normalized spacial score (nSPS) is 10.4. The van der Waals surface area contributed by atoms with Crippen molar-refractivity contribution in [1.82, 2.24) is 30.2 Å². The van der Waals surface area contributed by atoms with Crippen molar-refractivity contribution >= 4 is 17.6 Å². The maximum Gasteiger partial charge on any atom is 0.251 e. The van der Waals surface area contributed by atoms with E-state index in [1.807, 2.05) is 30.5 Å². The first-order valence-corrected chi connectivity index (χ1v) is 9.21. The second-order valence-corrected chi connectivity index (χ2v) is 6.37. The topological polar surface area (TPSA) is 114 Å². The Morgan fingerprint density at radius 1 is 1.00 bits per heavy atom. The van der Waals surface area contributed by atoms with E-state index in [9.17, 15) is 9.59 Å². The van der Waals surface area contributed by atoms with Crippen molar-refractivity contribution in [3.8, 4) is 5.82 Å². The molecule has 150 valence electrons. The molecule has 0 radical (unpaired) electrons. The third-order valence-electron chi connectivity index (χ3n) is 4.35. The number of anilines is 1. The van der Waals surface area contributed by atoms with Crippen LogP contribution in [0, 0.1) is 13.8 Å². The van der Waals surface area contributed by atoms with Crippen LogP contribution in [0.3, 0.4) is 0 Å². The van der Waals surface area contributed by atoms with E-state index in [-0.39, 0.29) is 18.4 Å². The molecule has 2 amide bonds. The Balaban J connectivity index is 1.41. The van der Waals surface area contributed by atoms with Gasteiger partial charge in [-0.15, -0.1) is 0 Å². The van der Waals surface area contributed by atoms with E-state index < -0.39 is 0 Å². The summed E-state index contributed by atoms with van der Waals surface area (Å²) in [6, 6.07) is 10.6. The van der Waals surface area contributed by atoms with Gasteiger partial charge in [-0.3, -0.25) is 14.2 Å². The Bertz CT molecular complexity index is 986. The lowest BCUT2D eigenvalue weighted by Gasteiger charge is -2.10. The fraction of sp³-hybridized carbons (Fsp3) is 0.250. The van der Waals surface area contributed by atoms with Crippen molar-refractivity contribution in [2.45, 2.75) is 13.8 Å². The summed E-state index contributed by atoms with van der Waals surface area (Å²) in [5.74, 6) is 0.821. The molecular formula is C20H23N7O2. The van der Waals surface area contributed by atoms with Crippen LogP contribution in [0.4, 0.5) is 5.82 Å². The Labute approximate surface area is 168 Å². The van der Waals surface area contributed by atoms with E-state index in [1.54, 1.807) is 30.6 Å². The summed E-state index contributed by atoms with van der Waals surface area (Å²) in [5, 5.41) is 8.47. The van der Waals surface area contributed by atoms with E-state index in [4.69, 9.17) is 0 Å². The van der Waals surface area contributed by atoms with Crippen LogP contribution in [0.15, 0.2) is 49.1 Å². The summed E-state index contributed by atoms with van der Waals surface area (Å²) < 4.78 is 1.89. The van der Waals surface area contributed by atoms with Crippen LogP contribution in [-0.2, 0) is 4.79 Å². The number of benzene rings is 1. The zero-order chi connectivity index (χ0) is 20.6. The van der Waals surface area contributed by atoms with Crippen molar-refractivity contribution < 1.29 is 9.59 Å². The number of carbonyl (C=O) groups excluding carboxylic acids is 2. The highest BCUT2D eigenvalue weighted by Crippen LogP contribution is 2.13. The molecule has 0 spiro atoms. The molecule has 0 saturated heterocycles. The molecule has 1 aromatic carbocycles. The van der Waals surface area contributed by atoms with Gasteiger partial charge in [-0.1, -0.05) is 18.2 Å². The second kappa shape index (κ2) is 9.45. The average molecular weight is 393 g/mol. The minimum atomic E-state index is -0.280. The molecule has 3 aromatic rings. The standard InChI is InChI=1S/C20H23N7O2/c1-14-15(2)27(13-26-14)18-10-17(24-12-25-18)21-8-9-22-19(28)11-23-20(29)16-6-4-3-5-7-16/h3-7,10,12-13H,8-9,11H2,1-2H3,(H,22,28)(H,23,29)(H,21,24,25). The molecule has 9 heteroatoms. The van der Waals surface area contributed by atoms with Gasteiger partial charge in [0.2, 0.25) is 5.91 Å². The van der Waals surface area contributed by atoms with E-state index >= 15 is 0 Å². The lowest BCUT2D eigenvalue weighted by molar-refractivity contribution is -0.120. The van der Waals surface area contributed by atoms with Crippen LogP contribution in [0.2, 0.25) is 0 Å². The Hall–Kier alpha value is -3.75. The van der Waals surface area contributed by atoms with Gasteiger partial charge in [0.15, 0.2) is 0 Å². The minimum absolute atomic E-state index is 0.0787. The first-order chi connectivity index (χ1) is 14.0. The third-order valence-corrected chi connectivity index (χ3v) is 4.35. The predicted molar refractivity (Wildman–Crippen MR) is 109 cm³/mol. The molecule has 0 aliphatic carbocycles. The van der Waals surface area contributed by atoms with Crippen LogP contribution in [0.5, 0.6) is 0 Å². The number of hydrogen-bond acceptors (Lipinski definition) is 6. The quantitative estimate of drug-likeness (QED) is 0.496. The molecule has 0 atom stereocenters. The highest BCUT2D eigenvalue weighted by molar-refractivity contribution is 5.96. The number of imidazole rings is 1. The van der Waals surface area contributed by atoms with Gasteiger partial charge < -0.3 is 16.0 Å². The lowest BCUT2D eigenvalue weighted by atomic mass is 10.2. The van der Waals surface area contributed by atoms with E-state index in [0.717, 1.165) is 11.4 Å². The molecular weight excluding hydrogens is 370 g/mol. The predicted octanol–water partition coefficient (Wildman–Crippen LogP) is 1.24. The number of aromatic nitrogens is 4. The van der Waals surface area contributed by atoms with Crippen molar-refractivity contribution in [1.29, 1.82) is 0 Å². The van der Waals surface area contributed by atoms with Gasteiger partial charge in [-0.2, -0.15) is 0 Å². The van der Waals surface area contributed by atoms with Gasteiger partial charge in [0, 0.05) is 30.4 Å². The summed E-state index contributed by atoms with van der Waals surface area (Å²) in [4.78, 5) is 36.5. The maximum absolute atomic E-state index is 11.9. The van der Waals surface area contributed by atoms with Crippen LogP contribution >= 0.6 is 0 Å². The number of rotatable bonds is 8. The number of nitrogens with zero attached hydrogens (tertiary/aromatic N) is 4. The Kier molecular flexibility index (Phi) is 6.51. The van der Waals surface area contributed by atoms with Crippen molar-refractivity contribution in [3.05, 3.63) is 66.0 Å². The van der Waals surface area contributed by atoms with Crippen molar-refractivity contribution in [3.63, 3.8) is 0 Å². The smallest absolute Gasteiger partial charge is 0.251 e. The van der Waals surface area contributed by atoms with Gasteiger partial charge in [-0.05, 0) is 26.0 Å². The highest BCUT2D eigenvalue weighted by Gasteiger charge is 2.08. The number of hydrogen-bond donors (Lipinski definition) is 3. The monoisotopic (exact) mass is 393 g/mol. The fourth-order valence-electron chi connectivity index (χ4n) is 2.61. The molecule has 3 N–H and O–H groups in total. The third kappa shape index (κ3) is 5.38. The molecule has 9 nitrogen and oxygen atoms in total. The van der Waals surface area contributed by atoms with Gasteiger partial charge in [0.05, 0.1) is 12.2 Å². The SMILES string of the molecule is Cc1ncn(-c2cc(NCCNC(=O)CNC(=O)c3ccccc3)ncn2)c1C. The van der Waals surface area contributed by atoms with Crippen LogP contribution in [-0.4, -0.2) is 51.0 Å². The number of nitrogens with one attached hydrogen (secondary N) is 3. The average Bonchev–Trinajstić information content (AvgIpc) is 3.09. The number of amides is 2. The molecule has 0 bridgehead atoms. The number of carbonyl (C=O) groups is 2. The van der Waals surface area contributed by atoms with Crippen molar-refractivity contribution in [2.24, 2.45) is 0 Å². The zero-order valence-corrected chi connectivity index (χ0v) is 16.3. The van der Waals surface area contributed by atoms with Crippen LogP contribution in [0.25, 0.3) is 5.82 Å². The summed E-state index contributed by atoms with van der Waals surface area (Å²) in [5.41, 5.74) is 2.48. The molecule has 3 rings (SSSR count). The summed E-state index contributed by atoms with van der Waals surface area (Å²) in [7, 11) is 0. The first kappa shape index (κ1) is 20.0. The Morgan fingerprint density at radius 3 is 2.52 bits per heavy atom. The first-order valence-electron chi connectivity index (χ1n) is 9.21. The summed E-state index contributed by atoms with van der Waals surface area (Å²) in [6.45, 7) is 4.71. The molecule has 0 unspecified atom stereocenters. The van der Waals surface area contributed by atoms with Gasteiger partial charge in [0.1, 0.15) is 24.3 Å². The molecule has 2 aromatic heterocycles. The van der Waals surface area contributed by atoms with Crippen molar-refractivity contribution in [2.75, 3.05) is 25.0 Å². The second-order valence-electron chi connectivity index (χ2n) is 6.37. The van der Waals surface area contributed by atoms with Gasteiger partial charge in [0.25, 0.3) is 5.91 Å². The fourth-order valence-corrected chi connectivity index (χ4v) is 2.61. The van der Waals surface area contributed by atoms with Gasteiger partial charge >= 0.3 is 0 Å². The lowest BCUT2D eigenvalue weighted by Crippen LogP contribution is -2.38. The maximum atomic E-state index is 11.9. The van der Waals surface area contributed by atoms with E-state index in [2.05, 4.69) is 30.9 Å². The largest absolute Gasteiger partial charge is 0.368 e. The summed E-state index contributed by atoms with van der Waals surface area (Å²) >= 11 is 0. The molecule has 0 aliphatic rings. The van der Waals surface area contributed by atoms with Crippen LogP contribution in [0.1, 0.15) is 21.7 Å². The highest BCUT2D eigenvalue weighted by atomic mass is 16.2. The number of aryl methyl sites for hydroxylation is 1. The summed E-state index contributed by atoms with van der Waals surface area (Å²) in [6.07, 6.45) is 3.20. The molecule has 2 heterocycles. The zero-order valence-electron chi connectivity index (χ0n) is 16.3. The van der Waals surface area contributed by atoms with E-state index in [0.29, 0.717) is 30.3 Å².